The van der Waals surface area contributed by atoms with Crippen molar-refractivity contribution in [3.8, 4) is 0 Å². The molecule has 8 aromatic carbocycles. The van der Waals surface area contributed by atoms with Crippen molar-refractivity contribution in [3.63, 3.8) is 0 Å². The standard InChI is InChI=1S/2C25H22P2.3ClH.Fe.2Pd/c2*1-5-13-22(14-6-1)26(23-15-7-2-8-16-23)21-27(24-17-9-3-10-18-24)25-19-11-4-12-20-25;;;;;;/h2*1-20H,21H2;3*1H;;;/q;;;;;+3;;/p-3. The van der Waals surface area contributed by atoms with Crippen LogP contribution in [-0.2, 0) is 54.0 Å². The predicted molar refractivity (Wildman–Crippen MR) is 258 cm³/mol. The van der Waals surface area contributed by atoms with Crippen molar-refractivity contribution in [1.82, 2.24) is 0 Å². The summed E-state index contributed by atoms with van der Waals surface area (Å²) in [5.74, 6) is 2.35. The summed E-state index contributed by atoms with van der Waals surface area (Å²) in [6.07, 6.45) is 0. The second kappa shape index (κ2) is 30.3. The smallest absolute Gasteiger partial charge is 0.00405 e. The van der Waals surface area contributed by atoms with Gasteiger partial charge >= 0.3 is 33.3 Å². The van der Waals surface area contributed by atoms with E-state index in [1.54, 1.807) is 0 Å². The summed E-state index contributed by atoms with van der Waals surface area (Å²) < 4.78 is 0. The van der Waals surface area contributed by atoms with Crippen LogP contribution in [0.1, 0.15) is 0 Å². The second-order valence-corrected chi connectivity index (χ2v) is 24.4. The van der Waals surface area contributed by atoms with Gasteiger partial charge in [-0.3, -0.25) is 0 Å². The number of halogens is 3. The van der Waals surface area contributed by atoms with Crippen molar-refractivity contribution in [2.24, 2.45) is 0 Å². The quantitative estimate of drug-likeness (QED) is 0.0849. The fourth-order valence-corrected chi connectivity index (χ4v) is 19.3. The molecule has 0 fully saturated rings. The molecule has 8 rings (SSSR count). The number of rotatable bonds is 12. The minimum absolute atomic E-state index is 0. The summed E-state index contributed by atoms with van der Waals surface area (Å²) in [6.45, 7) is 0. The Bertz CT molecular complexity index is 1780. The Balaban J connectivity index is 0.000000287. The molecule has 10 heteroatoms. The normalized spacial score (nSPS) is 10.2. The van der Waals surface area contributed by atoms with Crippen LogP contribution in [0.4, 0.5) is 0 Å². The number of hydrogen-bond acceptors (Lipinski definition) is 0. The van der Waals surface area contributed by atoms with E-state index in [-0.39, 0.29) is 66.4 Å². The first kappa shape index (κ1) is 52.5. The maximum Gasteiger partial charge on any atom is 0.00405 e. The van der Waals surface area contributed by atoms with Crippen LogP contribution in [0.2, 0.25) is 0 Å². The van der Waals surface area contributed by atoms with Crippen LogP contribution in [0.5, 0.6) is 0 Å². The Hall–Kier alpha value is -1.81. The van der Waals surface area contributed by atoms with Gasteiger partial charge in [0.05, 0.1) is 0 Å². The molecule has 0 saturated carbocycles. The molecule has 0 spiro atoms. The van der Waals surface area contributed by atoms with Gasteiger partial charge in [-0.15, -0.1) is 0 Å². The van der Waals surface area contributed by atoms with Gasteiger partial charge in [-0.2, -0.15) is 0 Å². The minimum Gasteiger partial charge on any atom is -0.0622 e. The molecule has 0 heterocycles. The third-order valence-corrected chi connectivity index (χ3v) is 21.0. The average molecular weight is 1140 g/mol. The van der Waals surface area contributed by atoms with Crippen LogP contribution in [0.3, 0.4) is 0 Å². The zero-order valence-electron chi connectivity index (χ0n) is 32.4. The molecule has 313 valence electrons. The number of hydrogen-bond donors (Lipinski definition) is 0. The molecule has 0 N–H and O–H groups in total. The monoisotopic (exact) mass is 1140 g/mol. The Morgan fingerprint density at radius 2 is 0.350 bits per heavy atom. The third-order valence-electron chi connectivity index (χ3n) is 9.11. The SMILES string of the molecule is [Cl-].[Cl][Fe+][Cl].[Pd].[Pd].c1ccc(P(CP(c2ccccc2)c2ccccc2)c2ccccc2)cc1.c1ccc(P(CP(c2ccccc2)c2ccccc2)c2ccccc2)cc1. The molecule has 60 heavy (non-hydrogen) atoms. The van der Waals surface area contributed by atoms with E-state index in [1.165, 1.54) is 54.2 Å². The molecule has 0 unspecified atom stereocenters. The van der Waals surface area contributed by atoms with Gasteiger partial charge in [0.25, 0.3) is 0 Å². The summed E-state index contributed by atoms with van der Waals surface area (Å²) in [5.41, 5.74) is 0. The molecule has 8 aromatic rings. The molecule has 0 aliphatic heterocycles. The molecule has 0 atom stereocenters. The summed E-state index contributed by atoms with van der Waals surface area (Å²) in [6, 6.07) is 88.3. The van der Waals surface area contributed by atoms with Crippen molar-refractivity contribution in [3.05, 3.63) is 243 Å². The van der Waals surface area contributed by atoms with Gasteiger partial charge in [0.2, 0.25) is 0 Å². The van der Waals surface area contributed by atoms with Crippen LogP contribution >= 0.6 is 51.9 Å². The Morgan fingerprint density at radius 1 is 0.250 bits per heavy atom. The van der Waals surface area contributed by atoms with E-state index in [0.29, 0.717) is 0 Å². The maximum absolute atomic E-state index is 4.76. The van der Waals surface area contributed by atoms with Gasteiger partial charge in [0.1, 0.15) is 0 Å². The molecule has 0 bridgehead atoms. The van der Waals surface area contributed by atoms with Gasteiger partial charge < -0.3 is 12.4 Å². The van der Waals surface area contributed by atoms with Gasteiger partial charge in [-0.1, -0.05) is 243 Å². The molecule has 0 aliphatic rings. The Morgan fingerprint density at radius 3 is 0.450 bits per heavy atom. The van der Waals surface area contributed by atoms with Crippen molar-refractivity contribution in [2.45, 2.75) is 0 Å². The second-order valence-electron chi connectivity index (χ2n) is 12.7. The van der Waals surface area contributed by atoms with Gasteiger partial charge in [-0.05, 0) is 74.1 Å². The van der Waals surface area contributed by atoms with Crippen LogP contribution in [0.15, 0.2) is 243 Å². The van der Waals surface area contributed by atoms with Gasteiger partial charge in [0, 0.05) is 52.7 Å². The topological polar surface area (TPSA) is 0 Å². The zero-order chi connectivity index (χ0) is 39.3. The van der Waals surface area contributed by atoms with Crippen molar-refractivity contribution < 1.29 is 66.4 Å². The largest absolute Gasteiger partial charge is 0.0622 e. The van der Waals surface area contributed by atoms with Gasteiger partial charge in [0.15, 0.2) is 0 Å². The first-order valence-electron chi connectivity index (χ1n) is 18.6. The maximum atomic E-state index is 4.76. The van der Waals surface area contributed by atoms with Crippen LogP contribution < -0.4 is 54.8 Å². The first-order chi connectivity index (χ1) is 28.2. The van der Waals surface area contributed by atoms with E-state index in [4.69, 9.17) is 20.2 Å². The minimum atomic E-state index is -0.409. The Kier molecular flexibility index (Phi) is 26.5. The zero-order valence-corrected chi connectivity index (χ0v) is 42.5. The van der Waals surface area contributed by atoms with Crippen molar-refractivity contribution >= 4 is 94.3 Å². The van der Waals surface area contributed by atoms with E-state index < -0.39 is 31.7 Å². The van der Waals surface area contributed by atoms with E-state index >= 15 is 0 Å². The third kappa shape index (κ3) is 16.4. The van der Waals surface area contributed by atoms with E-state index in [2.05, 4.69) is 243 Å². The summed E-state index contributed by atoms with van der Waals surface area (Å²) in [7, 11) is 7.89. The molecule has 0 aliphatic carbocycles. The summed E-state index contributed by atoms with van der Waals surface area (Å²) >= 11 is 0.194. The van der Waals surface area contributed by atoms with E-state index in [9.17, 15) is 0 Å². The van der Waals surface area contributed by atoms with Crippen LogP contribution in [0.25, 0.3) is 0 Å². The summed E-state index contributed by atoms with van der Waals surface area (Å²) in [4.78, 5) is 0. The Labute approximate surface area is 411 Å². The molecule has 0 nitrogen and oxygen atoms in total. The molecular formula is C50H44Cl3FeP4Pd2. The fraction of sp³-hybridized carbons (Fsp3) is 0.0400. The fourth-order valence-electron chi connectivity index (χ4n) is 6.40. The van der Waals surface area contributed by atoms with Crippen molar-refractivity contribution in [1.29, 1.82) is 0 Å². The first-order valence-corrected chi connectivity index (χ1v) is 27.8. The molecule has 0 saturated heterocycles. The van der Waals surface area contributed by atoms with E-state index in [1.807, 2.05) is 0 Å². The van der Waals surface area contributed by atoms with Crippen LogP contribution in [0, 0.1) is 0 Å². The summed E-state index contributed by atoms with van der Waals surface area (Å²) in [5, 5.41) is 11.7. The molecule has 0 radical (unpaired) electrons. The predicted octanol–water partition coefficient (Wildman–Crippen LogP) is 8.79. The number of benzene rings is 8. The van der Waals surface area contributed by atoms with Gasteiger partial charge in [-0.25, -0.2) is 0 Å². The average Bonchev–Trinajstić information content (AvgIpc) is 3.30. The van der Waals surface area contributed by atoms with E-state index in [0.717, 1.165) is 0 Å². The van der Waals surface area contributed by atoms with Crippen LogP contribution in [-0.4, -0.2) is 11.8 Å². The molecular weight excluding hydrogens is 1100 g/mol. The van der Waals surface area contributed by atoms with Crippen molar-refractivity contribution in [2.75, 3.05) is 11.8 Å². The molecule has 0 aromatic heterocycles. The molecule has 0 amide bonds.